The van der Waals surface area contributed by atoms with E-state index in [1.165, 1.54) is 70.3 Å². The Morgan fingerprint density at radius 1 is 1.05 bits per heavy atom. The summed E-state index contributed by atoms with van der Waals surface area (Å²) in [5.74, 6) is 1.04. The molecule has 2 saturated heterocycles. The summed E-state index contributed by atoms with van der Waals surface area (Å²) in [5, 5.41) is 0. The number of likely N-dealkylation sites (tertiary alicyclic amines) is 2. The predicted molar refractivity (Wildman–Crippen MR) is 85.0 cm³/mol. The van der Waals surface area contributed by atoms with E-state index in [1.807, 2.05) is 12.4 Å². The van der Waals surface area contributed by atoms with Gasteiger partial charge in [-0.3, -0.25) is 14.8 Å². The summed E-state index contributed by atoms with van der Waals surface area (Å²) >= 11 is 0. The van der Waals surface area contributed by atoms with Gasteiger partial charge in [0.05, 0.1) is 0 Å². The summed E-state index contributed by atoms with van der Waals surface area (Å²) in [4.78, 5) is 9.62. The fourth-order valence-corrected chi connectivity index (χ4v) is 4.33. The lowest BCUT2D eigenvalue weighted by Gasteiger charge is -2.45. The van der Waals surface area contributed by atoms with Crippen LogP contribution in [0.15, 0.2) is 24.5 Å². The second-order valence-electron chi connectivity index (χ2n) is 7.35. The molecular weight excluding hydrogens is 258 g/mol. The molecule has 3 nitrogen and oxygen atoms in total. The van der Waals surface area contributed by atoms with Crippen molar-refractivity contribution in [3.05, 3.63) is 30.1 Å². The van der Waals surface area contributed by atoms with Crippen molar-refractivity contribution in [3.8, 4) is 0 Å². The number of rotatable bonds is 4. The molecule has 0 N–H and O–H groups in total. The highest BCUT2D eigenvalue weighted by molar-refractivity contribution is 5.10. The predicted octanol–water partition coefficient (Wildman–Crippen LogP) is 2.92. The molecule has 0 radical (unpaired) electrons. The lowest BCUT2D eigenvalue weighted by atomic mass is 9.84. The third-order valence-electron chi connectivity index (χ3n) is 5.86. The lowest BCUT2D eigenvalue weighted by molar-refractivity contribution is 0.0471. The van der Waals surface area contributed by atoms with Crippen LogP contribution in [0.3, 0.4) is 0 Å². The van der Waals surface area contributed by atoms with Crippen LogP contribution in [0.4, 0.5) is 0 Å². The van der Waals surface area contributed by atoms with E-state index in [9.17, 15) is 0 Å². The zero-order valence-electron chi connectivity index (χ0n) is 13.0. The van der Waals surface area contributed by atoms with E-state index in [4.69, 9.17) is 0 Å². The fraction of sp³-hybridized carbons (Fsp3) is 0.722. The van der Waals surface area contributed by atoms with Crippen LogP contribution in [0.1, 0.15) is 44.1 Å². The molecular formula is C18H27N3. The van der Waals surface area contributed by atoms with Crippen LogP contribution in [-0.2, 0) is 6.54 Å². The van der Waals surface area contributed by atoms with Crippen molar-refractivity contribution < 1.29 is 0 Å². The summed E-state index contributed by atoms with van der Waals surface area (Å²) in [6, 6.07) is 4.30. The first kappa shape index (κ1) is 13.7. The quantitative estimate of drug-likeness (QED) is 0.848. The first-order chi connectivity index (χ1) is 10.3. The van der Waals surface area contributed by atoms with Crippen molar-refractivity contribution in [1.29, 1.82) is 0 Å². The Morgan fingerprint density at radius 3 is 2.52 bits per heavy atom. The highest BCUT2D eigenvalue weighted by atomic mass is 15.3. The van der Waals surface area contributed by atoms with E-state index in [1.54, 1.807) is 0 Å². The summed E-state index contributed by atoms with van der Waals surface area (Å²) in [6.45, 7) is 6.39. The Balaban J connectivity index is 1.35. The molecule has 1 aromatic heterocycles. The zero-order chi connectivity index (χ0) is 14.1. The van der Waals surface area contributed by atoms with Gasteiger partial charge >= 0.3 is 0 Å². The molecule has 0 atom stereocenters. The van der Waals surface area contributed by atoms with E-state index >= 15 is 0 Å². The number of nitrogens with zero attached hydrogens (tertiary/aromatic N) is 3. The van der Waals surface area contributed by atoms with Crippen LogP contribution in [0, 0.1) is 5.92 Å². The zero-order valence-corrected chi connectivity index (χ0v) is 13.0. The van der Waals surface area contributed by atoms with Crippen molar-refractivity contribution >= 4 is 0 Å². The number of hydrogen-bond donors (Lipinski definition) is 0. The molecule has 3 heterocycles. The Bertz CT molecular complexity index is 461. The van der Waals surface area contributed by atoms with E-state index in [-0.39, 0.29) is 0 Å². The van der Waals surface area contributed by atoms with E-state index in [2.05, 4.69) is 26.9 Å². The topological polar surface area (TPSA) is 19.4 Å². The van der Waals surface area contributed by atoms with Crippen LogP contribution >= 0.6 is 0 Å². The van der Waals surface area contributed by atoms with Crippen molar-refractivity contribution in [2.24, 2.45) is 5.92 Å². The van der Waals surface area contributed by atoms with Gasteiger partial charge < -0.3 is 0 Å². The number of pyridine rings is 1. The van der Waals surface area contributed by atoms with Gasteiger partial charge in [-0.1, -0.05) is 0 Å². The maximum atomic E-state index is 4.11. The Morgan fingerprint density at radius 2 is 1.81 bits per heavy atom. The van der Waals surface area contributed by atoms with Gasteiger partial charge in [0.2, 0.25) is 0 Å². The minimum absolute atomic E-state index is 0.567. The van der Waals surface area contributed by atoms with Crippen LogP contribution < -0.4 is 0 Å². The van der Waals surface area contributed by atoms with Crippen LogP contribution in [-0.4, -0.2) is 46.5 Å². The summed E-state index contributed by atoms with van der Waals surface area (Å²) in [5.41, 5.74) is 1.97. The molecule has 0 aromatic carbocycles. The third-order valence-corrected chi connectivity index (χ3v) is 5.86. The van der Waals surface area contributed by atoms with Crippen molar-refractivity contribution in [2.45, 2.75) is 50.6 Å². The molecule has 114 valence electrons. The minimum Gasteiger partial charge on any atom is -0.299 e. The molecule has 0 bridgehead atoms. The smallest absolute Gasteiger partial charge is 0.0271 e. The number of hydrogen-bond acceptors (Lipinski definition) is 3. The van der Waals surface area contributed by atoms with Gasteiger partial charge in [0.1, 0.15) is 0 Å². The fourth-order valence-electron chi connectivity index (χ4n) is 4.33. The average Bonchev–Trinajstić information content (AvgIpc) is 3.26. The number of piperidine rings is 1. The summed E-state index contributed by atoms with van der Waals surface area (Å²) in [6.07, 6.45) is 12.4. The largest absolute Gasteiger partial charge is 0.299 e. The molecule has 1 saturated carbocycles. The Hall–Kier alpha value is -0.930. The Kier molecular flexibility index (Phi) is 3.72. The molecule has 1 aliphatic carbocycles. The van der Waals surface area contributed by atoms with Gasteiger partial charge in [0.15, 0.2) is 0 Å². The molecule has 3 heteroatoms. The molecule has 4 rings (SSSR count). The molecule has 3 aliphatic rings. The molecule has 21 heavy (non-hydrogen) atoms. The van der Waals surface area contributed by atoms with Crippen LogP contribution in [0.2, 0.25) is 0 Å². The van der Waals surface area contributed by atoms with E-state index in [0.717, 1.165) is 12.5 Å². The second-order valence-corrected chi connectivity index (χ2v) is 7.35. The maximum Gasteiger partial charge on any atom is 0.0271 e. The van der Waals surface area contributed by atoms with Crippen molar-refractivity contribution in [1.82, 2.24) is 14.8 Å². The molecule has 2 aliphatic heterocycles. The standard InChI is InChI=1S/C18H27N3/c1-6-18(21(11-1)15-16-2-3-16)7-12-20(13-8-18)14-17-4-9-19-10-5-17/h4-5,9-10,16H,1-3,6-8,11-15H2. The minimum atomic E-state index is 0.567. The first-order valence-corrected chi connectivity index (χ1v) is 8.70. The van der Waals surface area contributed by atoms with E-state index in [0.29, 0.717) is 5.54 Å². The number of aromatic nitrogens is 1. The normalized spacial score (nSPS) is 26.5. The third kappa shape index (κ3) is 3.00. The van der Waals surface area contributed by atoms with Crippen molar-refractivity contribution in [2.75, 3.05) is 26.2 Å². The first-order valence-electron chi connectivity index (χ1n) is 8.70. The monoisotopic (exact) mass is 285 g/mol. The summed E-state index contributed by atoms with van der Waals surface area (Å²) in [7, 11) is 0. The highest BCUT2D eigenvalue weighted by Gasteiger charge is 2.44. The van der Waals surface area contributed by atoms with Gasteiger partial charge in [0.25, 0.3) is 0 Å². The maximum absolute atomic E-state index is 4.11. The van der Waals surface area contributed by atoms with Gasteiger partial charge in [0, 0.05) is 44.1 Å². The highest BCUT2D eigenvalue weighted by Crippen LogP contribution is 2.41. The molecule has 0 amide bonds. The molecule has 3 fully saturated rings. The van der Waals surface area contributed by atoms with Gasteiger partial charge in [-0.05, 0) is 68.7 Å². The average molecular weight is 285 g/mol. The molecule has 1 spiro atoms. The van der Waals surface area contributed by atoms with E-state index < -0.39 is 0 Å². The van der Waals surface area contributed by atoms with Crippen LogP contribution in [0.25, 0.3) is 0 Å². The van der Waals surface area contributed by atoms with Gasteiger partial charge in [-0.25, -0.2) is 0 Å². The summed E-state index contributed by atoms with van der Waals surface area (Å²) < 4.78 is 0. The Labute approximate surface area is 128 Å². The molecule has 0 unspecified atom stereocenters. The van der Waals surface area contributed by atoms with Gasteiger partial charge in [-0.2, -0.15) is 0 Å². The SMILES string of the molecule is c1cc(CN2CCC3(CCCN3CC3CC3)CC2)ccn1. The lowest BCUT2D eigenvalue weighted by Crippen LogP contribution is -2.52. The molecule has 1 aromatic rings. The van der Waals surface area contributed by atoms with Gasteiger partial charge in [-0.15, -0.1) is 0 Å². The second kappa shape index (κ2) is 5.69. The van der Waals surface area contributed by atoms with Crippen molar-refractivity contribution in [3.63, 3.8) is 0 Å². The van der Waals surface area contributed by atoms with Crippen LogP contribution in [0.5, 0.6) is 0 Å².